The maximum atomic E-state index is 11.4. The molecule has 1 aromatic heterocycles. The van der Waals surface area contributed by atoms with Crippen LogP contribution in [-0.2, 0) is 5.75 Å². The molecule has 0 amide bonds. The Balaban J connectivity index is 2.14. The number of nitrogens with zero attached hydrogens (tertiary/aromatic N) is 1. The Bertz CT molecular complexity index is 628. The first-order valence-electron chi connectivity index (χ1n) is 5.23. The van der Waals surface area contributed by atoms with Gasteiger partial charge >= 0.3 is 0 Å². The monoisotopic (exact) mass is 282 g/mol. The Labute approximate surface area is 113 Å². The second kappa shape index (κ2) is 5.46. The lowest BCUT2D eigenvalue weighted by Gasteiger charge is -2.03. The molecule has 94 valence electrons. The van der Waals surface area contributed by atoms with Crippen LogP contribution < -0.4 is 5.56 Å². The highest BCUT2D eigenvalue weighted by atomic mass is 35.5. The SMILES string of the molecule is Cc1c(O)nc(CSc2cccc(Cl)c2)[nH]c1=O. The molecule has 0 saturated carbocycles. The number of halogens is 1. The van der Waals surface area contributed by atoms with Crippen molar-refractivity contribution < 1.29 is 5.11 Å². The van der Waals surface area contributed by atoms with E-state index in [4.69, 9.17) is 11.6 Å². The van der Waals surface area contributed by atoms with Crippen molar-refractivity contribution in [1.29, 1.82) is 0 Å². The highest BCUT2D eigenvalue weighted by molar-refractivity contribution is 7.98. The van der Waals surface area contributed by atoms with Crippen molar-refractivity contribution >= 4 is 23.4 Å². The number of aromatic hydroxyl groups is 1. The molecular formula is C12H11ClN2O2S. The minimum atomic E-state index is -0.316. The summed E-state index contributed by atoms with van der Waals surface area (Å²) in [5.41, 5.74) is -0.0873. The Hall–Kier alpha value is -1.46. The number of thioether (sulfide) groups is 1. The van der Waals surface area contributed by atoms with Crippen LogP contribution in [0.2, 0.25) is 5.02 Å². The normalized spacial score (nSPS) is 10.6. The quantitative estimate of drug-likeness (QED) is 0.850. The molecular weight excluding hydrogens is 272 g/mol. The summed E-state index contributed by atoms with van der Waals surface area (Å²) in [7, 11) is 0. The Morgan fingerprint density at radius 2 is 2.28 bits per heavy atom. The molecule has 1 aromatic carbocycles. The van der Waals surface area contributed by atoms with E-state index in [0.29, 0.717) is 16.6 Å². The lowest BCUT2D eigenvalue weighted by atomic mass is 10.3. The maximum absolute atomic E-state index is 11.4. The number of benzene rings is 1. The standard InChI is InChI=1S/C12H11ClN2O2S/c1-7-11(16)14-10(15-12(7)17)6-18-9-4-2-3-8(13)5-9/h2-5H,6H2,1H3,(H2,14,15,16,17). The van der Waals surface area contributed by atoms with Crippen LogP contribution >= 0.6 is 23.4 Å². The number of hydrogen-bond acceptors (Lipinski definition) is 4. The van der Waals surface area contributed by atoms with Crippen LogP contribution in [0.1, 0.15) is 11.4 Å². The van der Waals surface area contributed by atoms with Gasteiger partial charge in [-0.2, -0.15) is 4.98 Å². The highest BCUT2D eigenvalue weighted by Gasteiger charge is 2.06. The topological polar surface area (TPSA) is 66.0 Å². The lowest BCUT2D eigenvalue weighted by molar-refractivity contribution is 0.444. The summed E-state index contributed by atoms with van der Waals surface area (Å²) >= 11 is 7.35. The summed E-state index contributed by atoms with van der Waals surface area (Å²) < 4.78 is 0. The average Bonchev–Trinajstić information content (AvgIpc) is 2.33. The van der Waals surface area contributed by atoms with Gasteiger partial charge in [0, 0.05) is 9.92 Å². The minimum Gasteiger partial charge on any atom is -0.493 e. The zero-order valence-corrected chi connectivity index (χ0v) is 11.2. The summed E-state index contributed by atoms with van der Waals surface area (Å²) in [5.74, 6) is 0.678. The zero-order chi connectivity index (χ0) is 13.1. The van der Waals surface area contributed by atoms with E-state index >= 15 is 0 Å². The molecule has 0 aliphatic rings. The summed E-state index contributed by atoms with van der Waals surface area (Å²) in [4.78, 5) is 19.0. The van der Waals surface area contributed by atoms with Crippen LogP contribution in [0.15, 0.2) is 34.0 Å². The molecule has 0 bridgehead atoms. The van der Waals surface area contributed by atoms with E-state index in [0.717, 1.165) is 4.90 Å². The van der Waals surface area contributed by atoms with Crippen molar-refractivity contribution in [2.24, 2.45) is 0 Å². The molecule has 0 spiro atoms. The van der Waals surface area contributed by atoms with Crippen LogP contribution in [0.25, 0.3) is 0 Å². The fraction of sp³-hybridized carbons (Fsp3) is 0.167. The summed E-state index contributed by atoms with van der Waals surface area (Å²) in [5, 5.41) is 10.1. The molecule has 2 N–H and O–H groups in total. The predicted octanol–water partition coefficient (Wildman–Crippen LogP) is 2.73. The predicted molar refractivity (Wildman–Crippen MR) is 72.3 cm³/mol. The van der Waals surface area contributed by atoms with Gasteiger partial charge in [-0.25, -0.2) is 0 Å². The molecule has 2 rings (SSSR count). The lowest BCUT2D eigenvalue weighted by Crippen LogP contribution is -2.13. The number of hydrogen-bond donors (Lipinski definition) is 2. The van der Waals surface area contributed by atoms with Crippen LogP contribution in [0.4, 0.5) is 0 Å². The fourth-order valence-corrected chi connectivity index (χ4v) is 2.42. The molecule has 0 atom stereocenters. The van der Waals surface area contributed by atoms with Gasteiger partial charge in [0.15, 0.2) is 0 Å². The molecule has 0 aliphatic heterocycles. The number of aromatic nitrogens is 2. The number of rotatable bonds is 3. The van der Waals surface area contributed by atoms with Crippen LogP contribution in [0, 0.1) is 6.92 Å². The second-order valence-corrected chi connectivity index (χ2v) is 5.19. The molecule has 2 aromatic rings. The van der Waals surface area contributed by atoms with Gasteiger partial charge in [0.2, 0.25) is 5.88 Å². The van der Waals surface area contributed by atoms with Gasteiger partial charge in [-0.15, -0.1) is 11.8 Å². The maximum Gasteiger partial charge on any atom is 0.257 e. The van der Waals surface area contributed by atoms with Crippen LogP contribution in [-0.4, -0.2) is 15.1 Å². The fourth-order valence-electron chi connectivity index (χ4n) is 1.34. The largest absolute Gasteiger partial charge is 0.493 e. The van der Waals surface area contributed by atoms with Gasteiger partial charge in [0.25, 0.3) is 5.56 Å². The van der Waals surface area contributed by atoms with Crippen molar-refractivity contribution in [1.82, 2.24) is 9.97 Å². The zero-order valence-electron chi connectivity index (χ0n) is 9.61. The van der Waals surface area contributed by atoms with E-state index in [9.17, 15) is 9.90 Å². The van der Waals surface area contributed by atoms with Gasteiger partial charge in [0.05, 0.1) is 11.3 Å². The van der Waals surface area contributed by atoms with Gasteiger partial charge in [-0.05, 0) is 25.1 Å². The minimum absolute atomic E-state index is 0.222. The van der Waals surface area contributed by atoms with E-state index in [1.54, 1.807) is 6.07 Å². The summed E-state index contributed by atoms with van der Waals surface area (Å²) in [6.07, 6.45) is 0. The van der Waals surface area contributed by atoms with Gasteiger partial charge in [0.1, 0.15) is 5.82 Å². The first-order chi connectivity index (χ1) is 8.56. The van der Waals surface area contributed by atoms with Gasteiger partial charge in [-0.3, -0.25) is 4.79 Å². The van der Waals surface area contributed by atoms with Crippen molar-refractivity contribution in [3.8, 4) is 5.88 Å². The second-order valence-electron chi connectivity index (χ2n) is 3.71. The smallest absolute Gasteiger partial charge is 0.257 e. The molecule has 0 fully saturated rings. The van der Waals surface area contributed by atoms with Gasteiger partial charge < -0.3 is 10.1 Å². The van der Waals surface area contributed by atoms with Crippen molar-refractivity contribution in [2.45, 2.75) is 17.6 Å². The van der Waals surface area contributed by atoms with Crippen LogP contribution in [0.5, 0.6) is 5.88 Å². The first-order valence-corrected chi connectivity index (χ1v) is 6.60. The average molecular weight is 283 g/mol. The van der Waals surface area contributed by atoms with E-state index in [2.05, 4.69) is 9.97 Å². The van der Waals surface area contributed by atoms with Crippen molar-refractivity contribution in [2.75, 3.05) is 0 Å². The molecule has 0 aliphatic carbocycles. The Kier molecular flexibility index (Phi) is 3.93. The third-order valence-electron chi connectivity index (χ3n) is 2.35. The molecule has 1 heterocycles. The Morgan fingerprint density at radius 3 is 2.94 bits per heavy atom. The summed E-state index contributed by atoms with van der Waals surface area (Å²) in [6.45, 7) is 1.52. The van der Waals surface area contributed by atoms with Gasteiger partial charge in [-0.1, -0.05) is 17.7 Å². The van der Waals surface area contributed by atoms with Crippen molar-refractivity contribution in [3.63, 3.8) is 0 Å². The molecule has 0 unspecified atom stereocenters. The van der Waals surface area contributed by atoms with E-state index < -0.39 is 0 Å². The summed E-state index contributed by atoms with van der Waals surface area (Å²) in [6, 6.07) is 7.40. The van der Waals surface area contributed by atoms with E-state index in [-0.39, 0.29) is 17.0 Å². The number of nitrogens with one attached hydrogen (secondary N) is 1. The molecule has 4 nitrogen and oxygen atoms in total. The molecule has 0 saturated heterocycles. The van der Waals surface area contributed by atoms with Crippen LogP contribution in [0.3, 0.4) is 0 Å². The third kappa shape index (κ3) is 3.05. The molecule has 0 radical (unpaired) electrons. The third-order valence-corrected chi connectivity index (χ3v) is 3.59. The van der Waals surface area contributed by atoms with E-state index in [1.807, 2.05) is 18.2 Å². The first kappa shape index (κ1) is 13.0. The number of H-pyrrole nitrogens is 1. The van der Waals surface area contributed by atoms with E-state index in [1.165, 1.54) is 18.7 Å². The highest BCUT2D eigenvalue weighted by Crippen LogP contribution is 2.24. The molecule has 18 heavy (non-hydrogen) atoms. The Morgan fingerprint density at radius 1 is 1.50 bits per heavy atom. The van der Waals surface area contributed by atoms with Crippen molar-refractivity contribution in [3.05, 3.63) is 51.0 Å². The molecule has 6 heteroatoms. The number of aromatic amines is 1.